The third-order valence-electron chi connectivity index (χ3n) is 2.55. The van der Waals surface area contributed by atoms with Gasteiger partial charge in [0.05, 0.1) is 5.69 Å². The lowest BCUT2D eigenvalue weighted by molar-refractivity contribution is 1.46. The van der Waals surface area contributed by atoms with Crippen molar-refractivity contribution in [3.8, 4) is 6.07 Å². The molecule has 0 radical (unpaired) electrons. The third-order valence-corrected chi connectivity index (χ3v) is 2.55. The van der Waals surface area contributed by atoms with Crippen LogP contribution in [0.2, 0.25) is 0 Å². The molecule has 2 aromatic carbocycles. The van der Waals surface area contributed by atoms with Gasteiger partial charge in [-0.15, -0.1) is 0 Å². The first-order valence-electron chi connectivity index (χ1n) is 5.65. The minimum atomic E-state index is 0.424. The maximum Gasteiger partial charge on any atom is 0.148 e. The van der Waals surface area contributed by atoms with Crippen molar-refractivity contribution in [2.75, 3.05) is 12.4 Å². The van der Waals surface area contributed by atoms with Gasteiger partial charge in [0.1, 0.15) is 11.8 Å². The van der Waals surface area contributed by atoms with Crippen molar-refractivity contribution in [3.63, 3.8) is 0 Å². The fraction of sp³-hybridized carbons (Fsp3) is 0.0667. The zero-order chi connectivity index (χ0) is 12.8. The number of anilines is 1. The van der Waals surface area contributed by atoms with Crippen molar-refractivity contribution in [2.24, 2.45) is 4.99 Å². The highest BCUT2D eigenvalue weighted by molar-refractivity contribution is 6.12. The summed E-state index contributed by atoms with van der Waals surface area (Å²) >= 11 is 0. The molecule has 1 N–H and O–H groups in total. The van der Waals surface area contributed by atoms with Gasteiger partial charge in [0, 0.05) is 18.3 Å². The fourth-order valence-corrected chi connectivity index (χ4v) is 1.58. The van der Waals surface area contributed by atoms with E-state index in [2.05, 4.69) is 16.4 Å². The van der Waals surface area contributed by atoms with Gasteiger partial charge in [-0.3, -0.25) is 0 Å². The van der Waals surface area contributed by atoms with Gasteiger partial charge in [-0.05, 0) is 24.3 Å². The number of hydrogen-bond acceptors (Lipinski definition) is 3. The standard InChI is InChI=1S/C15H13N3/c1-17-13-7-9-14(10-8-13)18-15(11-16)12-5-3-2-4-6-12/h2-10,17H,1H3. The zero-order valence-electron chi connectivity index (χ0n) is 10.1. The normalized spacial score (nSPS) is 10.8. The van der Waals surface area contributed by atoms with Gasteiger partial charge in [0.2, 0.25) is 0 Å². The molecule has 0 saturated carbocycles. The minimum Gasteiger partial charge on any atom is -0.388 e. The second kappa shape index (κ2) is 5.65. The molecule has 0 bridgehead atoms. The highest BCUT2D eigenvalue weighted by Gasteiger charge is 2.01. The molecule has 0 fully saturated rings. The van der Waals surface area contributed by atoms with Crippen LogP contribution in [0.25, 0.3) is 0 Å². The number of nitriles is 1. The highest BCUT2D eigenvalue weighted by Crippen LogP contribution is 2.17. The Morgan fingerprint density at radius 2 is 1.72 bits per heavy atom. The first-order valence-corrected chi connectivity index (χ1v) is 5.65. The van der Waals surface area contributed by atoms with E-state index in [1.807, 2.05) is 61.6 Å². The molecule has 0 saturated heterocycles. The van der Waals surface area contributed by atoms with Crippen molar-refractivity contribution in [1.82, 2.24) is 0 Å². The van der Waals surface area contributed by atoms with Crippen molar-refractivity contribution in [3.05, 3.63) is 60.2 Å². The molecule has 2 aromatic rings. The number of hydrogen-bond donors (Lipinski definition) is 1. The van der Waals surface area contributed by atoms with E-state index in [9.17, 15) is 0 Å². The van der Waals surface area contributed by atoms with Crippen LogP contribution in [0.1, 0.15) is 5.56 Å². The lowest BCUT2D eigenvalue weighted by atomic mass is 10.1. The number of aliphatic imine (C=N–C) groups is 1. The average molecular weight is 235 g/mol. The van der Waals surface area contributed by atoms with Gasteiger partial charge >= 0.3 is 0 Å². The Bertz CT molecular complexity index is 577. The summed E-state index contributed by atoms with van der Waals surface area (Å²) < 4.78 is 0. The van der Waals surface area contributed by atoms with Gasteiger partial charge in [-0.1, -0.05) is 30.3 Å². The summed E-state index contributed by atoms with van der Waals surface area (Å²) in [6, 6.07) is 19.2. The Morgan fingerprint density at radius 1 is 1.06 bits per heavy atom. The molecule has 0 unspecified atom stereocenters. The van der Waals surface area contributed by atoms with Crippen LogP contribution in [0.15, 0.2) is 59.6 Å². The Labute approximate surface area is 106 Å². The first kappa shape index (κ1) is 11.9. The maximum atomic E-state index is 9.15. The van der Waals surface area contributed by atoms with Crippen LogP contribution in [0.4, 0.5) is 11.4 Å². The van der Waals surface area contributed by atoms with Crippen LogP contribution >= 0.6 is 0 Å². The largest absolute Gasteiger partial charge is 0.388 e. The van der Waals surface area contributed by atoms with Crippen molar-refractivity contribution >= 4 is 17.1 Å². The zero-order valence-corrected chi connectivity index (χ0v) is 10.1. The van der Waals surface area contributed by atoms with E-state index in [0.29, 0.717) is 5.71 Å². The van der Waals surface area contributed by atoms with Crippen LogP contribution in [0.5, 0.6) is 0 Å². The lowest BCUT2D eigenvalue weighted by Crippen LogP contribution is -1.95. The summed E-state index contributed by atoms with van der Waals surface area (Å²) in [5, 5.41) is 12.2. The molecule has 0 amide bonds. The van der Waals surface area contributed by atoms with E-state index in [1.165, 1.54) is 0 Å². The highest BCUT2D eigenvalue weighted by atomic mass is 14.8. The SMILES string of the molecule is CNc1ccc(N=C(C#N)c2ccccc2)cc1. The van der Waals surface area contributed by atoms with Gasteiger partial charge < -0.3 is 5.32 Å². The summed E-state index contributed by atoms with van der Waals surface area (Å²) in [5.41, 5.74) is 3.05. The molecule has 2 rings (SSSR count). The Morgan fingerprint density at radius 3 is 2.28 bits per heavy atom. The summed E-state index contributed by atoms with van der Waals surface area (Å²) in [7, 11) is 1.86. The predicted octanol–water partition coefficient (Wildman–Crippen LogP) is 3.37. The summed E-state index contributed by atoms with van der Waals surface area (Å²) in [6.45, 7) is 0. The van der Waals surface area contributed by atoms with E-state index < -0.39 is 0 Å². The van der Waals surface area contributed by atoms with Gasteiger partial charge in [-0.2, -0.15) is 5.26 Å². The molecule has 0 heterocycles. The van der Waals surface area contributed by atoms with Crippen LogP contribution in [0, 0.1) is 11.3 Å². The molecule has 3 nitrogen and oxygen atoms in total. The number of nitrogens with zero attached hydrogens (tertiary/aromatic N) is 2. The Balaban J connectivity index is 2.33. The van der Waals surface area contributed by atoms with Crippen molar-refractivity contribution in [1.29, 1.82) is 5.26 Å². The number of nitrogens with one attached hydrogen (secondary N) is 1. The summed E-state index contributed by atoms with van der Waals surface area (Å²) in [5.74, 6) is 0. The second-order valence-electron chi connectivity index (χ2n) is 3.74. The molecule has 0 aliphatic heterocycles. The minimum absolute atomic E-state index is 0.424. The molecule has 0 aliphatic carbocycles. The second-order valence-corrected chi connectivity index (χ2v) is 3.74. The average Bonchev–Trinajstić information content (AvgIpc) is 2.46. The first-order chi connectivity index (χ1) is 8.83. The maximum absolute atomic E-state index is 9.15. The van der Waals surface area contributed by atoms with Gasteiger partial charge in [0.25, 0.3) is 0 Å². The number of benzene rings is 2. The van der Waals surface area contributed by atoms with Gasteiger partial charge in [0.15, 0.2) is 0 Å². The molecule has 0 spiro atoms. The quantitative estimate of drug-likeness (QED) is 0.829. The molecule has 0 aromatic heterocycles. The molecule has 3 heteroatoms. The third kappa shape index (κ3) is 2.74. The smallest absolute Gasteiger partial charge is 0.148 e. The van der Waals surface area contributed by atoms with E-state index in [0.717, 1.165) is 16.9 Å². The summed E-state index contributed by atoms with van der Waals surface area (Å²) in [6.07, 6.45) is 0. The predicted molar refractivity (Wildman–Crippen MR) is 74.2 cm³/mol. The number of rotatable bonds is 3. The van der Waals surface area contributed by atoms with E-state index in [4.69, 9.17) is 5.26 Å². The van der Waals surface area contributed by atoms with Crippen molar-refractivity contribution < 1.29 is 0 Å². The van der Waals surface area contributed by atoms with Crippen LogP contribution in [0.3, 0.4) is 0 Å². The molecular weight excluding hydrogens is 222 g/mol. The van der Waals surface area contributed by atoms with E-state index >= 15 is 0 Å². The van der Waals surface area contributed by atoms with E-state index in [-0.39, 0.29) is 0 Å². The Kier molecular flexibility index (Phi) is 3.72. The van der Waals surface area contributed by atoms with Crippen molar-refractivity contribution in [2.45, 2.75) is 0 Å². The monoisotopic (exact) mass is 235 g/mol. The van der Waals surface area contributed by atoms with Gasteiger partial charge in [-0.25, -0.2) is 4.99 Å². The molecule has 88 valence electrons. The van der Waals surface area contributed by atoms with Crippen LogP contribution < -0.4 is 5.32 Å². The fourth-order valence-electron chi connectivity index (χ4n) is 1.58. The summed E-state index contributed by atoms with van der Waals surface area (Å²) in [4.78, 5) is 4.35. The molecule has 0 atom stereocenters. The Hall–Kier alpha value is -2.60. The molecular formula is C15H13N3. The molecule has 18 heavy (non-hydrogen) atoms. The van der Waals surface area contributed by atoms with Crippen LogP contribution in [-0.4, -0.2) is 12.8 Å². The molecule has 0 aliphatic rings. The lowest BCUT2D eigenvalue weighted by Gasteiger charge is -2.01. The van der Waals surface area contributed by atoms with Crippen LogP contribution in [-0.2, 0) is 0 Å². The van der Waals surface area contributed by atoms with E-state index in [1.54, 1.807) is 0 Å². The topological polar surface area (TPSA) is 48.2 Å².